The van der Waals surface area contributed by atoms with Gasteiger partial charge >= 0.3 is 0 Å². The van der Waals surface area contributed by atoms with Crippen molar-refractivity contribution in [2.24, 2.45) is 7.05 Å². The molecule has 1 spiro atoms. The number of ether oxygens (including phenoxy) is 1. The summed E-state index contributed by atoms with van der Waals surface area (Å²) in [4.78, 5) is 30.7. The van der Waals surface area contributed by atoms with Crippen LogP contribution in [0, 0.1) is 0 Å². The van der Waals surface area contributed by atoms with E-state index in [0.29, 0.717) is 26.1 Å². The van der Waals surface area contributed by atoms with Crippen LogP contribution in [0.3, 0.4) is 0 Å². The standard InChI is InChI=1S/C32H33N3O4/c1-33-26-17-24(39-2)13-14-25(26)30-31(33)27(18-36)35(29(38)16-23-11-7-4-8-12-23)21-32(30)19-34(20-32)28(37)15-22-9-5-3-6-10-22/h3-14,17,27,36H,15-16,18-21H2,1-2H3/t27-/m0/s1. The van der Waals surface area contributed by atoms with Crippen LogP contribution < -0.4 is 4.74 Å². The summed E-state index contributed by atoms with van der Waals surface area (Å²) in [7, 11) is 3.63. The molecule has 7 heteroatoms. The molecular formula is C32H33N3O4. The number of nitrogens with zero attached hydrogens (tertiary/aromatic N) is 3. The molecule has 0 aliphatic carbocycles. The number of carbonyl (C=O) groups is 2. The van der Waals surface area contributed by atoms with Gasteiger partial charge in [0, 0.05) is 43.8 Å². The third-order valence-electron chi connectivity index (χ3n) is 8.38. The van der Waals surface area contributed by atoms with E-state index < -0.39 is 11.5 Å². The van der Waals surface area contributed by atoms with Gasteiger partial charge in [0.25, 0.3) is 0 Å². The number of hydrogen-bond donors (Lipinski definition) is 1. The SMILES string of the molecule is COc1ccc2c3c(n(C)c2c1)[C@H](CO)N(C(=O)Cc1ccccc1)CC31CN(C(=O)Cc2ccccc2)C1. The lowest BCUT2D eigenvalue weighted by Crippen LogP contribution is -2.68. The third-order valence-corrected chi connectivity index (χ3v) is 8.38. The van der Waals surface area contributed by atoms with Gasteiger partial charge in [0.2, 0.25) is 11.8 Å². The van der Waals surface area contributed by atoms with Crippen molar-refractivity contribution in [3.05, 3.63) is 101 Å². The van der Waals surface area contributed by atoms with Crippen molar-refractivity contribution < 1.29 is 19.4 Å². The summed E-state index contributed by atoms with van der Waals surface area (Å²) in [5.41, 5.74) is 4.58. The number of hydrogen-bond acceptors (Lipinski definition) is 4. The van der Waals surface area contributed by atoms with E-state index in [9.17, 15) is 14.7 Å². The molecule has 1 atom stereocenters. The fourth-order valence-corrected chi connectivity index (χ4v) is 6.49. The second-order valence-corrected chi connectivity index (χ2v) is 10.8. The number of aromatic nitrogens is 1. The maximum atomic E-state index is 13.8. The average Bonchev–Trinajstić information content (AvgIpc) is 3.24. The Morgan fingerprint density at radius 1 is 0.897 bits per heavy atom. The highest BCUT2D eigenvalue weighted by Crippen LogP contribution is 2.49. The zero-order valence-electron chi connectivity index (χ0n) is 22.3. The number of likely N-dealkylation sites (tertiary alicyclic amines) is 1. The molecule has 3 heterocycles. The van der Waals surface area contributed by atoms with Crippen molar-refractivity contribution in [1.29, 1.82) is 0 Å². The maximum Gasteiger partial charge on any atom is 0.227 e. The molecule has 0 bridgehead atoms. The molecule has 0 radical (unpaired) electrons. The van der Waals surface area contributed by atoms with Crippen molar-refractivity contribution >= 4 is 22.7 Å². The Morgan fingerprint density at radius 2 is 1.51 bits per heavy atom. The molecule has 200 valence electrons. The van der Waals surface area contributed by atoms with Crippen molar-refractivity contribution in [3.8, 4) is 5.75 Å². The van der Waals surface area contributed by atoms with Crippen molar-refractivity contribution in [3.63, 3.8) is 0 Å². The summed E-state index contributed by atoms with van der Waals surface area (Å²) >= 11 is 0. The predicted molar refractivity (Wildman–Crippen MR) is 150 cm³/mol. The maximum absolute atomic E-state index is 13.8. The molecule has 7 nitrogen and oxygen atoms in total. The lowest BCUT2D eigenvalue weighted by atomic mass is 9.68. The van der Waals surface area contributed by atoms with Gasteiger partial charge < -0.3 is 24.2 Å². The molecule has 1 aromatic heterocycles. The first-order valence-electron chi connectivity index (χ1n) is 13.4. The molecule has 3 aromatic carbocycles. The summed E-state index contributed by atoms with van der Waals surface area (Å²) in [6.07, 6.45) is 0.615. The van der Waals surface area contributed by atoms with Gasteiger partial charge in [-0.1, -0.05) is 60.7 Å². The number of aliphatic hydroxyl groups is 1. The molecule has 1 fully saturated rings. The van der Waals surface area contributed by atoms with Crippen molar-refractivity contribution in [2.45, 2.75) is 24.3 Å². The average molecular weight is 524 g/mol. The van der Waals surface area contributed by atoms with Crippen LogP contribution in [-0.2, 0) is 34.9 Å². The number of methoxy groups -OCH3 is 1. The Kier molecular flexibility index (Phi) is 6.39. The molecule has 0 unspecified atom stereocenters. The fraction of sp³-hybridized carbons (Fsp3) is 0.312. The molecule has 2 aliphatic rings. The highest BCUT2D eigenvalue weighted by molar-refractivity contribution is 5.91. The van der Waals surface area contributed by atoms with E-state index in [1.165, 1.54) is 0 Å². The van der Waals surface area contributed by atoms with Gasteiger partial charge in [0.05, 0.1) is 43.5 Å². The molecule has 6 rings (SSSR count). The van der Waals surface area contributed by atoms with Gasteiger partial charge in [-0.2, -0.15) is 0 Å². The van der Waals surface area contributed by atoms with Crippen LogP contribution in [0.5, 0.6) is 5.75 Å². The Hall–Kier alpha value is -4.10. The second kappa shape index (κ2) is 9.89. The predicted octanol–water partition coefficient (Wildman–Crippen LogP) is 3.63. The van der Waals surface area contributed by atoms with Crippen LogP contribution in [0.1, 0.15) is 28.4 Å². The molecule has 4 aromatic rings. The Labute approximate surface area is 228 Å². The number of fused-ring (bicyclic) bond motifs is 4. The normalized spacial score (nSPS) is 17.7. The summed E-state index contributed by atoms with van der Waals surface area (Å²) in [6, 6.07) is 25.0. The highest BCUT2D eigenvalue weighted by Gasteiger charge is 2.55. The quantitative estimate of drug-likeness (QED) is 0.419. The van der Waals surface area contributed by atoms with Gasteiger partial charge in [-0.3, -0.25) is 9.59 Å². The molecule has 2 aliphatic heterocycles. The van der Waals surface area contributed by atoms with Gasteiger partial charge in [0.1, 0.15) is 5.75 Å². The summed E-state index contributed by atoms with van der Waals surface area (Å²) < 4.78 is 7.60. The number of carbonyl (C=O) groups excluding carboxylic acids is 2. The summed E-state index contributed by atoms with van der Waals surface area (Å²) in [5.74, 6) is 0.809. The number of aryl methyl sites for hydroxylation is 1. The van der Waals surface area contributed by atoms with Gasteiger partial charge in [-0.15, -0.1) is 0 Å². The van der Waals surface area contributed by atoms with E-state index in [2.05, 4.69) is 10.6 Å². The van der Waals surface area contributed by atoms with Crippen molar-refractivity contribution in [1.82, 2.24) is 14.4 Å². The third kappa shape index (κ3) is 4.27. The lowest BCUT2D eigenvalue weighted by Gasteiger charge is -2.56. The number of aliphatic hydroxyl groups excluding tert-OH is 1. The van der Waals surface area contributed by atoms with E-state index in [4.69, 9.17) is 4.74 Å². The number of rotatable bonds is 6. The largest absolute Gasteiger partial charge is 0.497 e. The minimum absolute atomic E-state index is 0.0258. The first-order valence-corrected chi connectivity index (χ1v) is 13.4. The molecule has 1 N–H and O–H groups in total. The first kappa shape index (κ1) is 25.2. The summed E-state index contributed by atoms with van der Waals surface area (Å²) in [6.45, 7) is 1.34. The van der Waals surface area contributed by atoms with Crippen LogP contribution in [0.25, 0.3) is 10.9 Å². The Bertz CT molecular complexity index is 1520. The van der Waals surface area contributed by atoms with E-state index in [-0.39, 0.29) is 24.8 Å². The number of benzene rings is 3. The van der Waals surface area contributed by atoms with E-state index in [0.717, 1.165) is 39.0 Å². The smallest absolute Gasteiger partial charge is 0.227 e. The van der Waals surface area contributed by atoms with Crippen LogP contribution in [-0.4, -0.2) is 64.6 Å². The van der Waals surface area contributed by atoms with Gasteiger partial charge in [-0.05, 0) is 28.8 Å². The van der Waals surface area contributed by atoms with Gasteiger partial charge in [0.15, 0.2) is 0 Å². The first-order chi connectivity index (χ1) is 18.9. The fourth-order valence-electron chi connectivity index (χ4n) is 6.49. The zero-order valence-corrected chi connectivity index (χ0v) is 22.3. The van der Waals surface area contributed by atoms with Crippen LogP contribution in [0.2, 0.25) is 0 Å². The van der Waals surface area contributed by atoms with E-state index in [1.807, 2.05) is 89.6 Å². The Morgan fingerprint density at radius 3 is 2.10 bits per heavy atom. The lowest BCUT2D eigenvalue weighted by molar-refractivity contribution is -0.144. The second-order valence-electron chi connectivity index (χ2n) is 10.8. The van der Waals surface area contributed by atoms with E-state index in [1.54, 1.807) is 7.11 Å². The van der Waals surface area contributed by atoms with Crippen LogP contribution in [0.4, 0.5) is 0 Å². The molecule has 2 amide bonds. The monoisotopic (exact) mass is 523 g/mol. The van der Waals surface area contributed by atoms with Crippen LogP contribution >= 0.6 is 0 Å². The Balaban J connectivity index is 1.39. The molecule has 0 saturated carbocycles. The molecule has 1 saturated heterocycles. The van der Waals surface area contributed by atoms with Crippen molar-refractivity contribution in [2.75, 3.05) is 33.4 Å². The molecular weight excluding hydrogens is 490 g/mol. The molecule has 39 heavy (non-hydrogen) atoms. The van der Waals surface area contributed by atoms with Gasteiger partial charge in [-0.25, -0.2) is 0 Å². The van der Waals surface area contributed by atoms with E-state index >= 15 is 0 Å². The minimum Gasteiger partial charge on any atom is -0.497 e. The zero-order chi connectivity index (χ0) is 27.1. The topological polar surface area (TPSA) is 75.0 Å². The highest BCUT2D eigenvalue weighted by atomic mass is 16.5. The van der Waals surface area contributed by atoms with Crippen LogP contribution in [0.15, 0.2) is 78.9 Å². The number of amides is 2. The minimum atomic E-state index is -0.473. The summed E-state index contributed by atoms with van der Waals surface area (Å²) in [5, 5.41) is 11.7.